The van der Waals surface area contributed by atoms with Gasteiger partial charge < -0.3 is 30.0 Å². The van der Waals surface area contributed by atoms with Crippen molar-refractivity contribution in [2.24, 2.45) is 0 Å². The molecule has 0 aliphatic carbocycles. The lowest BCUT2D eigenvalue weighted by molar-refractivity contribution is 0.103. The molecule has 6 N–H and O–H groups in total. The molecule has 0 fully saturated rings. The van der Waals surface area contributed by atoms with E-state index >= 15 is 0 Å². The molecule has 8 nitrogen and oxygen atoms in total. The number of fused-ring (bicyclic) bond motifs is 1. The highest BCUT2D eigenvalue weighted by Gasteiger charge is 2.64. The summed E-state index contributed by atoms with van der Waals surface area (Å²) in [7, 11) is -11.0. The maximum Gasteiger partial charge on any atom is 0.370 e. The van der Waals surface area contributed by atoms with Crippen molar-refractivity contribution >= 4 is 15.2 Å². The van der Waals surface area contributed by atoms with Crippen LogP contribution in [0.5, 0.6) is 0 Å². The summed E-state index contributed by atoms with van der Waals surface area (Å²) >= 11 is 0. The molecule has 0 radical (unpaired) electrons. The Kier molecular flexibility index (Phi) is 3.97. The summed E-state index contributed by atoms with van der Waals surface area (Å²) in [6, 6.07) is 6.43. The fourth-order valence-corrected chi connectivity index (χ4v) is 5.05. The highest BCUT2D eigenvalue weighted by molar-refractivity contribution is 7.72. The SMILES string of the molecule is O=P(O)(O)C(O)(C1CNCc2ccccc21)P(=O)(O)O. The van der Waals surface area contributed by atoms with Crippen molar-refractivity contribution in [3.8, 4) is 0 Å². The summed E-state index contributed by atoms with van der Waals surface area (Å²) < 4.78 is 23.1. The first-order valence-electron chi connectivity index (χ1n) is 5.71. The van der Waals surface area contributed by atoms with E-state index in [1.807, 2.05) is 0 Å². The van der Waals surface area contributed by atoms with Gasteiger partial charge in [0.25, 0.3) is 5.08 Å². The van der Waals surface area contributed by atoms with Gasteiger partial charge in [0.15, 0.2) is 0 Å². The molecule has 10 heteroatoms. The second kappa shape index (κ2) is 5.02. The van der Waals surface area contributed by atoms with Gasteiger partial charge in [-0.2, -0.15) is 0 Å². The van der Waals surface area contributed by atoms with Crippen LogP contribution < -0.4 is 5.32 Å². The fraction of sp³-hybridized carbons (Fsp3) is 0.400. The van der Waals surface area contributed by atoms with E-state index in [0.717, 1.165) is 0 Å². The molecule has 0 aromatic heterocycles. The molecule has 1 aliphatic rings. The number of hydrogen-bond donors (Lipinski definition) is 6. The predicted octanol–water partition coefficient (Wildman–Crippen LogP) is -0.125. The minimum Gasteiger partial charge on any atom is -0.367 e. The molecule has 1 aromatic carbocycles. The van der Waals surface area contributed by atoms with Gasteiger partial charge in [0.1, 0.15) is 0 Å². The van der Waals surface area contributed by atoms with Crippen LogP contribution in [0.25, 0.3) is 0 Å². The molecule has 1 unspecified atom stereocenters. The van der Waals surface area contributed by atoms with E-state index in [-0.39, 0.29) is 6.54 Å². The standard InChI is InChI=1S/C10H15NO7P2/c12-10(19(13,14)15,20(16,17)18)9-6-11-5-7-3-1-2-4-8(7)9/h1-4,9,11-12H,5-6H2,(H2,13,14,15)(H2,16,17,18). The Bertz CT molecular complexity index is 585. The quantitative estimate of drug-likeness (QED) is 0.422. The van der Waals surface area contributed by atoms with Crippen molar-refractivity contribution in [2.75, 3.05) is 6.54 Å². The summed E-state index contributed by atoms with van der Waals surface area (Å²) in [5.74, 6) is -1.41. The number of aliphatic hydroxyl groups is 1. The van der Waals surface area contributed by atoms with Crippen molar-refractivity contribution in [3.63, 3.8) is 0 Å². The average Bonchev–Trinajstić information content (AvgIpc) is 2.34. The zero-order valence-electron chi connectivity index (χ0n) is 10.2. The third-order valence-electron chi connectivity index (χ3n) is 3.42. The Hall–Kier alpha value is -0.560. The molecule has 1 atom stereocenters. The third kappa shape index (κ3) is 2.39. The molecule has 20 heavy (non-hydrogen) atoms. The van der Waals surface area contributed by atoms with E-state index in [1.54, 1.807) is 18.2 Å². The van der Waals surface area contributed by atoms with Crippen LogP contribution >= 0.6 is 15.2 Å². The van der Waals surface area contributed by atoms with Crippen molar-refractivity contribution in [1.29, 1.82) is 0 Å². The van der Waals surface area contributed by atoms with Crippen LogP contribution in [0.4, 0.5) is 0 Å². The minimum atomic E-state index is -5.48. The average molecular weight is 323 g/mol. The number of benzene rings is 1. The topological polar surface area (TPSA) is 147 Å². The predicted molar refractivity (Wildman–Crippen MR) is 69.9 cm³/mol. The molecule has 1 heterocycles. The smallest absolute Gasteiger partial charge is 0.367 e. The normalized spacial score (nSPS) is 20.6. The molecule has 1 aromatic rings. The molecule has 0 saturated carbocycles. The van der Waals surface area contributed by atoms with Gasteiger partial charge in [0.05, 0.1) is 0 Å². The van der Waals surface area contributed by atoms with E-state index in [2.05, 4.69) is 5.32 Å². The van der Waals surface area contributed by atoms with Crippen LogP contribution in [0.1, 0.15) is 17.0 Å². The maximum absolute atomic E-state index is 11.5. The summed E-state index contributed by atoms with van der Waals surface area (Å²) in [6.45, 7) is 0.245. The van der Waals surface area contributed by atoms with E-state index in [1.165, 1.54) is 6.07 Å². The van der Waals surface area contributed by atoms with E-state index < -0.39 is 26.2 Å². The monoisotopic (exact) mass is 323 g/mol. The molecule has 0 spiro atoms. The van der Waals surface area contributed by atoms with Gasteiger partial charge in [-0.3, -0.25) is 9.13 Å². The van der Waals surface area contributed by atoms with Crippen LogP contribution in [0.15, 0.2) is 24.3 Å². The molecule has 0 bridgehead atoms. The fourth-order valence-electron chi connectivity index (χ4n) is 2.42. The second-order valence-corrected chi connectivity index (χ2v) is 8.55. The van der Waals surface area contributed by atoms with E-state index in [4.69, 9.17) is 0 Å². The van der Waals surface area contributed by atoms with Gasteiger partial charge in [-0.05, 0) is 11.1 Å². The summed E-state index contributed by atoms with van der Waals surface area (Å²) in [5.41, 5.74) is 0.949. The minimum absolute atomic E-state index is 0.149. The molecule has 1 aliphatic heterocycles. The van der Waals surface area contributed by atoms with Crippen LogP contribution in [-0.4, -0.2) is 36.3 Å². The van der Waals surface area contributed by atoms with Crippen molar-refractivity contribution in [2.45, 2.75) is 17.5 Å². The third-order valence-corrected chi connectivity index (χ3v) is 7.32. The summed E-state index contributed by atoms with van der Waals surface area (Å²) in [4.78, 5) is 37.2. The van der Waals surface area contributed by atoms with Gasteiger partial charge in [-0.1, -0.05) is 24.3 Å². The van der Waals surface area contributed by atoms with Gasteiger partial charge in [0, 0.05) is 19.0 Å². The van der Waals surface area contributed by atoms with Crippen molar-refractivity contribution < 1.29 is 33.8 Å². The van der Waals surface area contributed by atoms with Crippen LogP contribution in [0.2, 0.25) is 0 Å². The molecule has 112 valence electrons. The van der Waals surface area contributed by atoms with Crippen LogP contribution in [0, 0.1) is 0 Å². The van der Waals surface area contributed by atoms with Gasteiger partial charge in [-0.15, -0.1) is 0 Å². The highest BCUT2D eigenvalue weighted by Crippen LogP contribution is 2.72. The molecular formula is C10H15NO7P2. The van der Waals surface area contributed by atoms with Gasteiger partial charge in [-0.25, -0.2) is 0 Å². The Balaban J connectivity index is 2.65. The lowest BCUT2D eigenvalue weighted by Crippen LogP contribution is -2.44. The van der Waals surface area contributed by atoms with Gasteiger partial charge >= 0.3 is 15.2 Å². The Morgan fingerprint density at radius 3 is 2.20 bits per heavy atom. The Morgan fingerprint density at radius 2 is 1.65 bits per heavy atom. The largest absolute Gasteiger partial charge is 0.370 e. The summed E-state index contributed by atoms with van der Waals surface area (Å²) in [6.07, 6.45) is 0. The molecular weight excluding hydrogens is 308 g/mol. The lowest BCUT2D eigenvalue weighted by Gasteiger charge is -2.39. The summed E-state index contributed by atoms with van der Waals surface area (Å²) in [5, 5.41) is 9.54. The Morgan fingerprint density at radius 1 is 1.10 bits per heavy atom. The number of rotatable bonds is 3. The number of hydrogen-bond acceptors (Lipinski definition) is 4. The molecule has 2 rings (SSSR count). The highest BCUT2D eigenvalue weighted by atomic mass is 31.2. The van der Waals surface area contributed by atoms with Crippen molar-refractivity contribution in [1.82, 2.24) is 5.32 Å². The zero-order chi connectivity index (χ0) is 15.2. The molecule has 0 amide bonds. The maximum atomic E-state index is 11.5. The first-order valence-corrected chi connectivity index (χ1v) is 8.93. The van der Waals surface area contributed by atoms with Crippen LogP contribution in [-0.2, 0) is 15.7 Å². The van der Waals surface area contributed by atoms with E-state index in [9.17, 15) is 33.8 Å². The lowest BCUT2D eigenvalue weighted by atomic mass is 9.91. The first kappa shape index (κ1) is 15.8. The Labute approximate surface area is 114 Å². The van der Waals surface area contributed by atoms with E-state index in [0.29, 0.717) is 17.7 Å². The second-order valence-electron chi connectivity index (χ2n) is 4.66. The van der Waals surface area contributed by atoms with Crippen molar-refractivity contribution in [3.05, 3.63) is 35.4 Å². The number of nitrogens with one attached hydrogen (secondary N) is 1. The molecule has 0 saturated heterocycles. The van der Waals surface area contributed by atoms with Gasteiger partial charge in [0.2, 0.25) is 0 Å². The first-order chi connectivity index (χ1) is 9.09. The zero-order valence-corrected chi connectivity index (χ0v) is 12.0. The van der Waals surface area contributed by atoms with Crippen LogP contribution in [0.3, 0.4) is 0 Å².